The Hall–Kier alpha value is -4.42. The van der Waals surface area contributed by atoms with E-state index in [1.807, 2.05) is 29.6 Å². The van der Waals surface area contributed by atoms with Crippen molar-refractivity contribution >= 4 is 46.5 Å². The van der Waals surface area contributed by atoms with Gasteiger partial charge in [0.05, 0.1) is 12.8 Å². The average Bonchev–Trinajstić information content (AvgIpc) is 3.33. The van der Waals surface area contributed by atoms with Crippen LogP contribution in [-0.4, -0.2) is 68.9 Å². The van der Waals surface area contributed by atoms with Gasteiger partial charge < -0.3 is 36.9 Å². The topological polar surface area (TPSA) is 221 Å². The fourth-order valence-corrected chi connectivity index (χ4v) is 4.57. The maximum atomic E-state index is 13.4. The zero-order valence-electron chi connectivity index (χ0n) is 23.8. The van der Waals surface area contributed by atoms with Crippen LogP contribution in [0.3, 0.4) is 0 Å². The van der Waals surface area contributed by atoms with Crippen LogP contribution < -0.4 is 21.7 Å². The van der Waals surface area contributed by atoms with Crippen molar-refractivity contribution in [2.24, 2.45) is 5.73 Å². The van der Waals surface area contributed by atoms with Gasteiger partial charge in [-0.3, -0.25) is 24.0 Å². The number of carboxylic acid groups (broad SMARTS) is 2. The number of unbranched alkanes of at least 4 members (excludes halogenated alkanes) is 6. The molecule has 2 aromatic rings. The summed E-state index contributed by atoms with van der Waals surface area (Å²) in [6, 6.07) is 2.85. The van der Waals surface area contributed by atoms with Gasteiger partial charge in [-0.05, 0) is 18.1 Å². The van der Waals surface area contributed by atoms with E-state index in [1.54, 1.807) is 6.20 Å². The van der Waals surface area contributed by atoms with Gasteiger partial charge in [-0.2, -0.15) is 0 Å². The van der Waals surface area contributed by atoms with Crippen molar-refractivity contribution in [3.63, 3.8) is 0 Å². The number of carboxylic acids is 2. The number of amides is 4. The maximum absolute atomic E-state index is 13.4. The first-order chi connectivity index (χ1) is 20.0. The van der Waals surface area contributed by atoms with Crippen LogP contribution in [0.4, 0.5) is 0 Å². The van der Waals surface area contributed by atoms with Crippen LogP contribution >= 0.6 is 0 Å². The molecule has 4 amide bonds. The first-order valence-corrected chi connectivity index (χ1v) is 14.2. The van der Waals surface area contributed by atoms with E-state index in [-0.39, 0.29) is 18.7 Å². The molecule has 13 nitrogen and oxygen atoms in total. The second-order valence-corrected chi connectivity index (χ2v) is 10.3. The number of nitrogens with one attached hydrogen (secondary N) is 4. The molecule has 0 aliphatic carbocycles. The second-order valence-electron chi connectivity index (χ2n) is 10.3. The third-order valence-corrected chi connectivity index (χ3v) is 6.79. The minimum Gasteiger partial charge on any atom is -0.481 e. The molecule has 0 fully saturated rings. The average molecular weight is 588 g/mol. The number of hydrogen-bond acceptors (Lipinski definition) is 6. The Morgan fingerprint density at radius 1 is 0.810 bits per heavy atom. The number of rotatable bonds is 20. The first-order valence-electron chi connectivity index (χ1n) is 14.2. The molecule has 230 valence electrons. The Bertz CT molecular complexity index is 1240. The molecule has 3 atom stereocenters. The Kier molecular flexibility index (Phi) is 14.0. The summed E-state index contributed by atoms with van der Waals surface area (Å²) >= 11 is 0. The van der Waals surface area contributed by atoms with Gasteiger partial charge in [-0.1, -0.05) is 63.6 Å². The second kappa shape index (κ2) is 17.4. The number of hydrogen-bond donors (Lipinski definition) is 7. The monoisotopic (exact) mass is 587 g/mol. The normalized spacial score (nSPS) is 13.1. The third kappa shape index (κ3) is 11.6. The lowest BCUT2D eigenvalue weighted by Crippen LogP contribution is -2.57. The van der Waals surface area contributed by atoms with E-state index >= 15 is 0 Å². The molecule has 0 bridgehead atoms. The molecule has 2 rings (SSSR count). The standard InChI is InChI=1S/C29H41N5O8/c1-2-3-4-5-6-7-8-13-25(36)32-21(14-18-17-31-20-12-10-9-11-19(18)20)27(39)33-22(15-24(30)35)28(40)34-23(29(41)42)16-26(37)38/h9-12,17,21-23,31H,2-8,13-16H2,1H3,(H2,30,35)(H,32,36)(H,33,39)(H,34,40)(H,37,38)(H,41,42). The molecule has 42 heavy (non-hydrogen) atoms. The third-order valence-electron chi connectivity index (χ3n) is 6.79. The number of aliphatic carboxylic acids is 2. The number of benzene rings is 1. The molecular formula is C29H41N5O8. The van der Waals surface area contributed by atoms with Crippen LogP contribution in [0.25, 0.3) is 10.9 Å². The van der Waals surface area contributed by atoms with Crippen LogP contribution in [0, 0.1) is 0 Å². The minimum atomic E-state index is -1.80. The molecular weight excluding hydrogens is 546 g/mol. The van der Waals surface area contributed by atoms with E-state index in [2.05, 4.69) is 22.5 Å². The van der Waals surface area contributed by atoms with E-state index in [1.165, 1.54) is 6.42 Å². The smallest absolute Gasteiger partial charge is 0.326 e. The molecule has 0 aliphatic heterocycles. The van der Waals surface area contributed by atoms with Crippen LogP contribution in [-0.2, 0) is 35.2 Å². The van der Waals surface area contributed by atoms with E-state index in [0.717, 1.165) is 48.6 Å². The summed E-state index contributed by atoms with van der Waals surface area (Å²) in [4.78, 5) is 76.3. The van der Waals surface area contributed by atoms with Crippen molar-refractivity contribution in [2.45, 2.75) is 95.7 Å². The zero-order valence-corrected chi connectivity index (χ0v) is 23.8. The van der Waals surface area contributed by atoms with Gasteiger partial charge in [-0.25, -0.2) is 4.79 Å². The summed E-state index contributed by atoms with van der Waals surface area (Å²) in [6.45, 7) is 2.14. The van der Waals surface area contributed by atoms with E-state index < -0.39 is 60.6 Å². The largest absolute Gasteiger partial charge is 0.481 e. The number of aromatic nitrogens is 1. The SMILES string of the molecule is CCCCCCCCCC(=O)NC(Cc1c[nH]c2ccccc12)C(=O)NC(CC(N)=O)C(=O)NC(CC(=O)O)C(=O)O. The van der Waals surface area contributed by atoms with Crippen molar-refractivity contribution in [3.05, 3.63) is 36.0 Å². The highest BCUT2D eigenvalue weighted by molar-refractivity contribution is 5.96. The summed E-state index contributed by atoms with van der Waals surface area (Å²) in [5.74, 6) is -6.29. The van der Waals surface area contributed by atoms with E-state index in [9.17, 15) is 33.9 Å². The highest BCUT2D eigenvalue weighted by Crippen LogP contribution is 2.19. The number of primary amides is 1. The van der Waals surface area contributed by atoms with Crippen molar-refractivity contribution in [3.8, 4) is 0 Å². The minimum absolute atomic E-state index is 0.0558. The van der Waals surface area contributed by atoms with Gasteiger partial charge in [-0.15, -0.1) is 0 Å². The van der Waals surface area contributed by atoms with E-state index in [0.29, 0.717) is 6.42 Å². The van der Waals surface area contributed by atoms with Crippen molar-refractivity contribution in [1.29, 1.82) is 0 Å². The molecule has 1 heterocycles. The quantitative estimate of drug-likeness (QED) is 0.113. The summed E-state index contributed by atoms with van der Waals surface area (Å²) in [5, 5.41) is 26.2. The van der Waals surface area contributed by atoms with Gasteiger partial charge >= 0.3 is 11.9 Å². The molecule has 3 unspecified atom stereocenters. The molecule has 0 saturated heterocycles. The number of para-hydroxylation sites is 1. The highest BCUT2D eigenvalue weighted by atomic mass is 16.4. The van der Waals surface area contributed by atoms with Gasteiger partial charge in [0.15, 0.2) is 0 Å². The van der Waals surface area contributed by atoms with Gasteiger partial charge in [0, 0.05) is 29.9 Å². The fourth-order valence-electron chi connectivity index (χ4n) is 4.57. The summed E-state index contributed by atoms with van der Waals surface area (Å²) in [6.07, 6.45) is 7.47. The maximum Gasteiger partial charge on any atom is 0.326 e. The van der Waals surface area contributed by atoms with Crippen molar-refractivity contribution < 1.29 is 39.0 Å². The van der Waals surface area contributed by atoms with E-state index in [4.69, 9.17) is 10.8 Å². The lowest BCUT2D eigenvalue weighted by Gasteiger charge is -2.24. The molecule has 0 spiro atoms. The Balaban J connectivity index is 2.17. The fraction of sp³-hybridized carbons (Fsp3) is 0.517. The molecule has 0 saturated carbocycles. The lowest BCUT2D eigenvalue weighted by atomic mass is 10.0. The summed E-state index contributed by atoms with van der Waals surface area (Å²) in [7, 11) is 0. The molecule has 1 aromatic heterocycles. The van der Waals surface area contributed by atoms with Crippen LogP contribution in [0.2, 0.25) is 0 Å². The number of H-pyrrole nitrogens is 1. The number of nitrogens with two attached hydrogens (primary N) is 1. The molecule has 0 radical (unpaired) electrons. The van der Waals surface area contributed by atoms with Gasteiger partial charge in [0.1, 0.15) is 18.1 Å². The first kappa shape index (κ1) is 33.8. The van der Waals surface area contributed by atoms with Crippen LogP contribution in [0.1, 0.15) is 76.7 Å². The zero-order chi connectivity index (χ0) is 31.1. The van der Waals surface area contributed by atoms with Gasteiger partial charge in [0.25, 0.3) is 0 Å². The Morgan fingerprint density at radius 2 is 1.43 bits per heavy atom. The number of fused-ring (bicyclic) bond motifs is 1. The lowest BCUT2D eigenvalue weighted by molar-refractivity contribution is -0.147. The molecule has 0 aliphatic rings. The van der Waals surface area contributed by atoms with Crippen LogP contribution in [0.5, 0.6) is 0 Å². The van der Waals surface area contributed by atoms with Gasteiger partial charge in [0.2, 0.25) is 23.6 Å². The Morgan fingerprint density at radius 3 is 2.07 bits per heavy atom. The summed E-state index contributed by atoms with van der Waals surface area (Å²) < 4.78 is 0. The number of carbonyl (C=O) groups excluding carboxylic acids is 4. The van der Waals surface area contributed by atoms with Crippen LogP contribution in [0.15, 0.2) is 30.5 Å². The molecule has 8 N–H and O–H groups in total. The summed E-state index contributed by atoms with van der Waals surface area (Å²) in [5.41, 5.74) is 6.81. The molecule has 1 aromatic carbocycles. The Labute approximate surface area is 244 Å². The highest BCUT2D eigenvalue weighted by Gasteiger charge is 2.31. The number of aromatic amines is 1. The predicted molar refractivity (Wildman–Crippen MR) is 154 cm³/mol. The van der Waals surface area contributed by atoms with Crippen molar-refractivity contribution in [2.75, 3.05) is 0 Å². The number of carbonyl (C=O) groups is 6. The predicted octanol–water partition coefficient (Wildman–Crippen LogP) is 1.74. The molecule has 13 heteroatoms. The van der Waals surface area contributed by atoms with Crippen molar-refractivity contribution in [1.82, 2.24) is 20.9 Å².